The van der Waals surface area contributed by atoms with Gasteiger partial charge in [0.1, 0.15) is 11.6 Å². The monoisotopic (exact) mass is 389 g/mol. The van der Waals surface area contributed by atoms with Crippen LogP contribution in [-0.4, -0.2) is 27.0 Å². The number of aromatic nitrogens is 4. The van der Waals surface area contributed by atoms with Crippen LogP contribution in [0.1, 0.15) is 42.5 Å². The first-order valence-corrected chi connectivity index (χ1v) is 9.96. The number of nitrogens with one attached hydrogen (secondary N) is 4. The second-order valence-corrected chi connectivity index (χ2v) is 7.51. The quantitative estimate of drug-likeness (QED) is 0.365. The molecular weight excluding hydrogens is 366 g/mol. The molecule has 2 aromatic carbocycles. The molecule has 1 fully saturated rings. The molecule has 1 aliphatic rings. The molecule has 1 saturated carbocycles. The van der Waals surface area contributed by atoms with E-state index >= 15 is 0 Å². The van der Waals surface area contributed by atoms with Crippen molar-refractivity contribution in [2.24, 2.45) is 0 Å². The summed E-state index contributed by atoms with van der Waals surface area (Å²) in [6.07, 6.45) is 3.26. The van der Waals surface area contributed by atoms with Crippen molar-refractivity contribution in [2.45, 2.75) is 31.2 Å². The van der Waals surface area contributed by atoms with Crippen molar-refractivity contribution in [2.75, 3.05) is 11.9 Å². The second-order valence-electron chi connectivity index (χ2n) is 7.51. The number of hydrogen-bond donors (Lipinski definition) is 4. The van der Waals surface area contributed by atoms with Gasteiger partial charge in [0.2, 0.25) is 0 Å². The predicted octanol–water partition coefficient (Wildman–Crippen LogP) is 4.08. The highest BCUT2D eigenvalue weighted by molar-refractivity contribution is 5.79. The Bertz CT molecular complexity index is 1160. The summed E-state index contributed by atoms with van der Waals surface area (Å²) >= 11 is 0. The molecule has 0 radical (unpaired) electrons. The number of benzene rings is 2. The number of anilines is 1. The van der Waals surface area contributed by atoms with Crippen LogP contribution in [0, 0.1) is 0 Å². The van der Waals surface area contributed by atoms with Crippen molar-refractivity contribution in [1.82, 2.24) is 20.4 Å². The molecule has 1 aliphatic carbocycles. The molecule has 0 amide bonds. The van der Waals surface area contributed by atoms with Crippen LogP contribution >= 0.6 is 0 Å². The fraction of sp³-hybridized carbons (Fsp3) is 0.273. The van der Waals surface area contributed by atoms with E-state index in [-0.39, 0.29) is 11.6 Å². The smallest absolute Gasteiger partial charge is 0.271 e. The van der Waals surface area contributed by atoms with Gasteiger partial charge in [0.25, 0.3) is 5.56 Å². The maximum absolute atomic E-state index is 11.6. The average Bonchev–Trinajstić information content (AvgIpc) is 3.39. The van der Waals surface area contributed by atoms with Crippen molar-refractivity contribution in [3.8, 4) is 5.75 Å². The lowest BCUT2D eigenvalue weighted by Crippen LogP contribution is -2.14. The largest absolute Gasteiger partial charge is 0.493 e. The lowest BCUT2D eigenvalue weighted by atomic mass is 10.0. The molecule has 1 unspecified atom stereocenters. The van der Waals surface area contributed by atoms with Crippen LogP contribution in [0.4, 0.5) is 5.82 Å². The highest BCUT2D eigenvalue weighted by Gasteiger charge is 2.26. The Hall–Kier alpha value is -3.48. The van der Waals surface area contributed by atoms with Crippen LogP contribution in [0.15, 0.2) is 59.4 Å². The van der Waals surface area contributed by atoms with Gasteiger partial charge in [0.15, 0.2) is 0 Å². The van der Waals surface area contributed by atoms with Gasteiger partial charge >= 0.3 is 0 Å². The molecule has 7 heteroatoms. The molecular formula is C22H23N5O2. The van der Waals surface area contributed by atoms with Crippen molar-refractivity contribution < 1.29 is 4.74 Å². The van der Waals surface area contributed by atoms with Crippen LogP contribution < -0.4 is 15.6 Å². The van der Waals surface area contributed by atoms with E-state index in [0.717, 1.165) is 23.5 Å². The van der Waals surface area contributed by atoms with Gasteiger partial charge < -0.3 is 10.1 Å². The molecule has 0 saturated heterocycles. The Labute approximate surface area is 167 Å². The number of nitrogens with zero attached hydrogens (tertiary/aromatic N) is 1. The van der Waals surface area contributed by atoms with E-state index in [9.17, 15) is 4.79 Å². The number of fused-ring (bicyclic) bond motifs is 1. The maximum atomic E-state index is 11.6. The zero-order valence-corrected chi connectivity index (χ0v) is 15.9. The van der Waals surface area contributed by atoms with Gasteiger partial charge in [-0.05, 0) is 30.5 Å². The Morgan fingerprint density at radius 1 is 1.10 bits per heavy atom. The first-order valence-electron chi connectivity index (χ1n) is 9.96. The fourth-order valence-electron chi connectivity index (χ4n) is 3.60. The summed E-state index contributed by atoms with van der Waals surface area (Å²) in [4.78, 5) is 11.6. The Balaban J connectivity index is 1.27. The van der Waals surface area contributed by atoms with E-state index in [4.69, 9.17) is 4.74 Å². The third kappa shape index (κ3) is 3.89. The van der Waals surface area contributed by atoms with E-state index in [0.29, 0.717) is 17.9 Å². The number of rotatable bonds is 8. The van der Waals surface area contributed by atoms with Gasteiger partial charge in [-0.3, -0.25) is 20.1 Å². The molecule has 1 atom stereocenters. The summed E-state index contributed by atoms with van der Waals surface area (Å²) in [6, 6.07) is 18.0. The number of aromatic amines is 3. The van der Waals surface area contributed by atoms with Crippen LogP contribution in [0.3, 0.4) is 0 Å². The standard InChI is InChI=1S/C22H23N5O2/c28-22-17-9-8-16(12-20(17)25-27-22)29-11-10-18(14-4-2-1-3-5-14)23-21-13-19(24-26-21)15-6-7-15/h1-5,8-9,12-13,15,18H,6-7,10-11H2,(H2,23,24,26)(H2,25,27,28). The zero-order valence-electron chi connectivity index (χ0n) is 15.9. The zero-order chi connectivity index (χ0) is 19.6. The SMILES string of the molecule is O=c1[nH][nH]c2cc(OCCC(Nc3cc(C4CC4)[nH]n3)c3ccccc3)ccc12. The molecule has 0 spiro atoms. The lowest BCUT2D eigenvalue weighted by Gasteiger charge is -2.19. The van der Waals surface area contributed by atoms with Crippen LogP contribution in [-0.2, 0) is 0 Å². The molecule has 2 heterocycles. The van der Waals surface area contributed by atoms with Gasteiger partial charge in [0, 0.05) is 30.2 Å². The van der Waals surface area contributed by atoms with Crippen molar-refractivity contribution in [3.63, 3.8) is 0 Å². The minimum absolute atomic E-state index is 0.0855. The molecule has 0 aliphatic heterocycles. The molecule has 2 aromatic heterocycles. The van der Waals surface area contributed by atoms with E-state index < -0.39 is 0 Å². The Morgan fingerprint density at radius 2 is 1.97 bits per heavy atom. The Kier molecular flexibility index (Phi) is 4.56. The third-order valence-electron chi connectivity index (χ3n) is 5.36. The van der Waals surface area contributed by atoms with Gasteiger partial charge in [-0.25, -0.2) is 0 Å². The second kappa shape index (κ2) is 7.50. The normalized spacial score (nSPS) is 14.8. The lowest BCUT2D eigenvalue weighted by molar-refractivity contribution is 0.302. The number of ether oxygens (including phenoxy) is 1. The van der Waals surface area contributed by atoms with E-state index in [1.807, 2.05) is 30.3 Å². The maximum Gasteiger partial charge on any atom is 0.271 e. The fourth-order valence-corrected chi connectivity index (χ4v) is 3.60. The molecule has 0 bridgehead atoms. The highest BCUT2D eigenvalue weighted by atomic mass is 16.5. The molecule has 4 aromatic rings. The molecule has 5 rings (SSSR count). The summed E-state index contributed by atoms with van der Waals surface area (Å²) in [5.74, 6) is 2.24. The molecule has 7 nitrogen and oxygen atoms in total. The molecule has 29 heavy (non-hydrogen) atoms. The van der Waals surface area contributed by atoms with Gasteiger partial charge in [0.05, 0.1) is 23.6 Å². The van der Waals surface area contributed by atoms with E-state index in [1.54, 1.807) is 6.07 Å². The Morgan fingerprint density at radius 3 is 2.79 bits per heavy atom. The third-order valence-corrected chi connectivity index (χ3v) is 5.36. The number of H-pyrrole nitrogens is 3. The first-order chi connectivity index (χ1) is 14.3. The first kappa shape index (κ1) is 17.6. The van der Waals surface area contributed by atoms with Crippen LogP contribution in [0.25, 0.3) is 10.9 Å². The summed E-state index contributed by atoms with van der Waals surface area (Å²) in [7, 11) is 0. The molecule has 4 N–H and O–H groups in total. The summed E-state index contributed by atoms with van der Waals surface area (Å²) in [5, 5.41) is 17.2. The minimum atomic E-state index is -0.121. The number of hydrogen-bond acceptors (Lipinski definition) is 4. The average molecular weight is 389 g/mol. The van der Waals surface area contributed by atoms with Crippen molar-refractivity contribution in [3.05, 3.63) is 76.2 Å². The summed E-state index contributed by atoms with van der Waals surface area (Å²) in [5.41, 5.74) is 3.03. The minimum Gasteiger partial charge on any atom is -0.493 e. The molecule has 148 valence electrons. The van der Waals surface area contributed by atoms with Gasteiger partial charge in [-0.1, -0.05) is 30.3 Å². The van der Waals surface area contributed by atoms with Gasteiger partial charge in [-0.2, -0.15) is 5.10 Å². The summed E-state index contributed by atoms with van der Waals surface area (Å²) < 4.78 is 5.96. The van der Waals surface area contributed by atoms with Crippen molar-refractivity contribution in [1.29, 1.82) is 0 Å². The van der Waals surface area contributed by atoms with E-state index in [2.05, 4.69) is 43.9 Å². The van der Waals surface area contributed by atoms with Crippen LogP contribution in [0.5, 0.6) is 5.75 Å². The van der Waals surface area contributed by atoms with Gasteiger partial charge in [-0.15, -0.1) is 0 Å². The summed E-state index contributed by atoms with van der Waals surface area (Å²) in [6.45, 7) is 0.534. The van der Waals surface area contributed by atoms with Crippen LogP contribution in [0.2, 0.25) is 0 Å². The predicted molar refractivity (Wildman–Crippen MR) is 112 cm³/mol. The van der Waals surface area contributed by atoms with Crippen molar-refractivity contribution >= 4 is 16.7 Å². The topological polar surface area (TPSA) is 98.6 Å². The van der Waals surface area contributed by atoms with E-state index in [1.165, 1.54) is 24.1 Å². The highest BCUT2D eigenvalue weighted by Crippen LogP contribution is 2.39.